The van der Waals surface area contributed by atoms with Crippen LogP contribution in [0.25, 0.3) is 0 Å². The van der Waals surface area contributed by atoms with Crippen LogP contribution in [0.1, 0.15) is 16.1 Å². The topological polar surface area (TPSA) is 70.1 Å². The molecule has 0 amide bonds. The number of hydrogen-bond acceptors (Lipinski definition) is 4. The average molecular weight is 342 g/mol. The monoisotopic (exact) mass is 341 g/mol. The lowest BCUT2D eigenvalue weighted by Crippen LogP contribution is -2.16. The quantitative estimate of drug-likeness (QED) is 0.668. The predicted octanol–water partition coefficient (Wildman–Crippen LogP) is 2.24. The van der Waals surface area contributed by atoms with E-state index >= 15 is 0 Å². The zero-order valence-corrected chi connectivity index (χ0v) is 12.4. The zero-order chi connectivity index (χ0) is 14.7. The molecule has 2 rings (SSSR count). The van der Waals surface area contributed by atoms with Gasteiger partial charge in [-0.2, -0.15) is 5.10 Å². The van der Waals surface area contributed by atoms with Gasteiger partial charge in [-0.25, -0.2) is 4.39 Å². The Bertz CT molecular complexity index is 643. The van der Waals surface area contributed by atoms with Crippen molar-refractivity contribution >= 4 is 27.4 Å². The minimum atomic E-state index is -0.512. The molecule has 2 N–H and O–H groups in total. The molecule has 0 atom stereocenters. The molecule has 0 aliphatic rings. The van der Waals surface area contributed by atoms with E-state index in [2.05, 4.69) is 21.0 Å². The molecular weight excluding hydrogens is 329 g/mol. The van der Waals surface area contributed by atoms with Gasteiger partial charge in [-0.3, -0.25) is 9.48 Å². The number of carbonyl (C=O) groups is 1. The van der Waals surface area contributed by atoms with E-state index in [0.29, 0.717) is 23.3 Å². The van der Waals surface area contributed by atoms with Gasteiger partial charge in [0.1, 0.15) is 11.5 Å². The van der Waals surface area contributed by atoms with E-state index < -0.39 is 5.82 Å². The molecule has 106 valence electrons. The SMILES string of the molecule is COCCn1ncc(Br)c1C(=O)c1cc(F)ccc1N. The Kier molecular flexibility index (Phi) is 4.51. The van der Waals surface area contributed by atoms with Crippen LogP contribution in [0.2, 0.25) is 0 Å². The highest BCUT2D eigenvalue weighted by molar-refractivity contribution is 9.10. The summed E-state index contributed by atoms with van der Waals surface area (Å²) in [7, 11) is 1.56. The fourth-order valence-electron chi connectivity index (χ4n) is 1.79. The molecule has 0 bridgehead atoms. The maximum atomic E-state index is 13.3. The molecule has 1 aromatic carbocycles. The number of benzene rings is 1. The van der Waals surface area contributed by atoms with Crippen LogP contribution in [0.15, 0.2) is 28.9 Å². The van der Waals surface area contributed by atoms with Crippen LogP contribution in [0.5, 0.6) is 0 Å². The Hall–Kier alpha value is -1.73. The number of carbonyl (C=O) groups excluding carboxylic acids is 1. The number of nitrogen functional groups attached to an aromatic ring is 1. The average Bonchev–Trinajstić information content (AvgIpc) is 2.79. The van der Waals surface area contributed by atoms with Gasteiger partial charge >= 0.3 is 0 Å². The number of nitrogens with two attached hydrogens (primary N) is 1. The molecule has 0 saturated heterocycles. The molecule has 0 aliphatic heterocycles. The summed E-state index contributed by atoms with van der Waals surface area (Å²) in [4.78, 5) is 12.5. The van der Waals surface area contributed by atoms with Gasteiger partial charge < -0.3 is 10.5 Å². The molecule has 5 nitrogen and oxygen atoms in total. The van der Waals surface area contributed by atoms with Crippen LogP contribution >= 0.6 is 15.9 Å². The Labute approximate surface area is 123 Å². The first-order valence-electron chi connectivity index (χ1n) is 5.84. The lowest BCUT2D eigenvalue weighted by atomic mass is 10.1. The van der Waals surface area contributed by atoms with Crippen LogP contribution in [-0.4, -0.2) is 29.3 Å². The van der Waals surface area contributed by atoms with Crippen molar-refractivity contribution < 1.29 is 13.9 Å². The van der Waals surface area contributed by atoms with Crippen LogP contribution in [0, 0.1) is 5.82 Å². The maximum absolute atomic E-state index is 13.3. The summed E-state index contributed by atoms with van der Waals surface area (Å²) in [5, 5.41) is 4.09. The van der Waals surface area contributed by atoms with Gasteiger partial charge in [-0.1, -0.05) is 0 Å². The number of halogens is 2. The number of hydrogen-bond donors (Lipinski definition) is 1. The van der Waals surface area contributed by atoms with Gasteiger partial charge in [-0.05, 0) is 34.1 Å². The van der Waals surface area contributed by atoms with Crippen LogP contribution in [0.4, 0.5) is 10.1 Å². The van der Waals surface area contributed by atoms with Gasteiger partial charge in [0.15, 0.2) is 0 Å². The molecule has 0 radical (unpaired) electrons. The number of anilines is 1. The summed E-state index contributed by atoms with van der Waals surface area (Å²) < 4.78 is 20.3. The van der Waals surface area contributed by atoms with E-state index in [1.165, 1.54) is 23.0 Å². The van der Waals surface area contributed by atoms with Crippen molar-refractivity contribution in [2.24, 2.45) is 0 Å². The molecule has 0 fully saturated rings. The van der Waals surface area contributed by atoms with Gasteiger partial charge in [0.05, 0.1) is 29.4 Å². The summed E-state index contributed by atoms with van der Waals surface area (Å²) in [5.41, 5.74) is 6.40. The van der Waals surface area contributed by atoms with E-state index in [0.717, 1.165) is 6.07 Å². The van der Waals surface area contributed by atoms with Gasteiger partial charge in [0.25, 0.3) is 0 Å². The van der Waals surface area contributed by atoms with Gasteiger partial charge in [-0.15, -0.1) is 0 Å². The van der Waals surface area contributed by atoms with Crippen LogP contribution in [-0.2, 0) is 11.3 Å². The van der Waals surface area contributed by atoms with Crippen molar-refractivity contribution in [1.29, 1.82) is 0 Å². The molecule has 7 heteroatoms. The first-order valence-corrected chi connectivity index (χ1v) is 6.64. The molecule has 20 heavy (non-hydrogen) atoms. The lowest BCUT2D eigenvalue weighted by Gasteiger charge is -2.09. The second kappa shape index (κ2) is 6.15. The van der Waals surface area contributed by atoms with Crippen molar-refractivity contribution in [1.82, 2.24) is 9.78 Å². The van der Waals surface area contributed by atoms with Crippen molar-refractivity contribution in [2.75, 3.05) is 19.5 Å². The van der Waals surface area contributed by atoms with Crippen LogP contribution in [0.3, 0.4) is 0 Å². The van der Waals surface area contributed by atoms with Crippen molar-refractivity contribution in [3.8, 4) is 0 Å². The number of rotatable bonds is 5. The van der Waals surface area contributed by atoms with E-state index in [1.807, 2.05) is 0 Å². The second-order valence-corrected chi connectivity index (χ2v) is 4.97. The third-order valence-electron chi connectivity index (χ3n) is 2.78. The number of methoxy groups -OCH3 is 1. The predicted molar refractivity (Wildman–Crippen MR) is 76.0 cm³/mol. The van der Waals surface area contributed by atoms with Crippen molar-refractivity contribution in [2.45, 2.75) is 6.54 Å². The lowest BCUT2D eigenvalue weighted by molar-refractivity contribution is 0.102. The van der Waals surface area contributed by atoms with Gasteiger partial charge in [0, 0.05) is 12.8 Å². The molecule has 0 aliphatic carbocycles. The first-order chi connectivity index (χ1) is 9.54. The highest BCUT2D eigenvalue weighted by Gasteiger charge is 2.21. The third kappa shape index (κ3) is 2.88. The molecule has 0 unspecified atom stereocenters. The number of aromatic nitrogens is 2. The summed E-state index contributed by atoms with van der Waals surface area (Å²) in [6.45, 7) is 0.825. The standard InChI is InChI=1S/C13H13BrFN3O2/c1-20-5-4-18-12(10(14)7-17-18)13(19)9-6-8(15)2-3-11(9)16/h2-3,6-7H,4-5,16H2,1H3. The summed E-state index contributed by atoms with van der Waals surface area (Å²) in [6, 6.07) is 3.70. The Balaban J connectivity index is 2.42. The van der Waals surface area contributed by atoms with Gasteiger partial charge in [0.2, 0.25) is 5.78 Å². The van der Waals surface area contributed by atoms with Crippen molar-refractivity contribution in [3.05, 3.63) is 45.9 Å². The largest absolute Gasteiger partial charge is 0.398 e. The molecule has 2 aromatic rings. The van der Waals surface area contributed by atoms with E-state index in [4.69, 9.17) is 10.5 Å². The third-order valence-corrected chi connectivity index (χ3v) is 3.36. The normalized spacial score (nSPS) is 10.8. The maximum Gasteiger partial charge on any atom is 0.214 e. The van der Waals surface area contributed by atoms with E-state index in [-0.39, 0.29) is 17.0 Å². The number of nitrogens with zero attached hydrogens (tertiary/aromatic N) is 2. The first kappa shape index (κ1) is 14.7. The Morgan fingerprint density at radius 3 is 3.00 bits per heavy atom. The molecule has 1 heterocycles. The van der Waals surface area contributed by atoms with Crippen LogP contribution < -0.4 is 5.73 Å². The summed E-state index contributed by atoms with van der Waals surface area (Å²) in [5.74, 6) is -0.899. The smallest absolute Gasteiger partial charge is 0.214 e. The second-order valence-electron chi connectivity index (χ2n) is 4.12. The summed E-state index contributed by atoms with van der Waals surface area (Å²) >= 11 is 3.27. The molecule has 0 saturated carbocycles. The highest BCUT2D eigenvalue weighted by Crippen LogP contribution is 2.23. The molecular formula is C13H13BrFN3O2. The fraction of sp³-hybridized carbons (Fsp3) is 0.231. The minimum Gasteiger partial charge on any atom is -0.398 e. The number of ketones is 1. The van der Waals surface area contributed by atoms with E-state index in [9.17, 15) is 9.18 Å². The fourth-order valence-corrected chi connectivity index (χ4v) is 2.26. The zero-order valence-electron chi connectivity index (χ0n) is 10.8. The Morgan fingerprint density at radius 1 is 1.55 bits per heavy atom. The van der Waals surface area contributed by atoms with E-state index in [1.54, 1.807) is 7.11 Å². The highest BCUT2D eigenvalue weighted by atomic mass is 79.9. The van der Waals surface area contributed by atoms with Crippen molar-refractivity contribution in [3.63, 3.8) is 0 Å². The Morgan fingerprint density at radius 2 is 2.30 bits per heavy atom. The molecule has 1 aromatic heterocycles. The minimum absolute atomic E-state index is 0.116. The molecule has 0 spiro atoms. The number of ether oxygens (including phenoxy) is 1. The summed E-state index contributed by atoms with van der Waals surface area (Å²) in [6.07, 6.45) is 1.51.